The van der Waals surface area contributed by atoms with E-state index in [0.717, 1.165) is 0 Å². The van der Waals surface area contributed by atoms with Crippen molar-refractivity contribution in [1.29, 1.82) is 0 Å². The molecule has 0 aliphatic carbocycles. The molecule has 0 aliphatic rings. The van der Waals surface area contributed by atoms with Crippen molar-refractivity contribution in [3.63, 3.8) is 0 Å². The van der Waals surface area contributed by atoms with Crippen LogP contribution >= 0.6 is 0 Å². The van der Waals surface area contributed by atoms with Gasteiger partial charge in [-0.25, -0.2) is 4.79 Å². The van der Waals surface area contributed by atoms with Crippen LogP contribution in [-0.2, 0) is 24.0 Å². The van der Waals surface area contributed by atoms with E-state index in [1.54, 1.807) is 13.8 Å². The number of aliphatic hydroxyl groups is 1. The molecular formula is C17H31N5O7. The summed E-state index contributed by atoms with van der Waals surface area (Å²) in [5.41, 5.74) is 10.5. The smallest absolute Gasteiger partial charge is 0.328 e. The van der Waals surface area contributed by atoms with Crippen molar-refractivity contribution in [2.75, 3.05) is 0 Å². The average molecular weight is 417 g/mol. The lowest BCUT2D eigenvalue weighted by Gasteiger charge is -2.27. The summed E-state index contributed by atoms with van der Waals surface area (Å²) in [7, 11) is 0. The van der Waals surface area contributed by atoms with Crippen LogP contribution in [-0.4, -0.2) is 70.1 Å². The summed E-state index contributed by atoms with van der Waals surface area (Å²) in [5, 5.41) is 25.6. The van der Waals surface area contributed by atoms with E-state index < -0.39 is 66.3 Å². The van der Waals surface area contributed by atoms with Crippen molar-refractivity contribution in [1.82, 2.24) is 16.0 Å². The minimum atomic E-state index is -1.55. The topological polar surface area (TPSA) is 214 Å². The van der Waals surface area contributed by atoms with E-state index in [-0.39, 0.29) is 5.92 Å². The SMILES string of the molecule is CCC(C)C(NC(=O)C(C)NC(=O)C(N)CC(N)=O)C(=O)NC(C(=O)O)C(C)O. The molecule has 0 fully saturated rings. The fraction of sp³-hybridized carbons (Fsp3) is 0.706. The summed E-state index contributed by atoms with van der Waals surface area (Å²) in [4.78, 5) is 58.8. The average Bonchev–Trinajstić information content (AvgIpc) is 2.61. The quantitative estimate of drug-likeness (QED) is 0.175. The Balaban J connectivity index is 5.15. The summed E-state index contributed by atoms with van der Waals surface area (Å²) < 4.78 is 0. The molecule has 12 heteroatoms. The molecule has 4 amide bonds. The largest absolute Gasteiger partial charge is 0.480 e. The molecular weight excluding hydrogens is 386 g/mol. The molecule has 0 heterocycles. The second-order valence-corrected chi connectivity index (χ2v) is 6.94. The number of hydrogen-bond donors (Lipinski definition) is 7. The zero-order valence-corrected chi connectivity index (χ0v) is 17.0. The van der Waals surface area contributed by atoms with Crippen LogP contribution < -0.4 is 27.4 Å². The third kappa shape index (κ3) is 8.87. The Morgan fingerprint density at radius 1 is 0.897 bits per heavy atom. The summed E-state index contributed by atoms with van der Waals surface area (Å²) >= 11 is 0. The maximum Gasteiger partial charge on any atom is 0.328 e. The van der Waals surface area contributed by atoms with E-state index in [4.69, 9.17) is 16.6 Å². The van der Waals surface area contributed by atoms with Crippen LogP contribution in [0.3, 0.4) is 0 Å². The number of hydrogen-bond acceptors (Lipinski definition) is 7. The zero-order chi connectivity index (χ0) is 22.9. The van der Waals surface area contributed by atoms with Gasteiger partial charge in [-0.15, -0.1) is 0 Å². The van der Waals surface area contributed by atoms with Gasteiger partial charge in [-0.05, 0) is 19.8 Å². The zero-order valence-electron chi connectivity index (χ0n) is 17.0. The Hall–Kier alpha value is -2.73. The highest BCUT2D eigenvalue weighted by molar-refractivity contribution is 5.94. The first kappa shape index (κ1) is 26.3. The van der Waals surface area contributed by atoms with Gasteiger partial charge in [0.05, 0.1) is 18.6 Å². The van der Waals surface area contributed by atoms with Gasteiger partial charge in [-0.3, -0.25) is 19.2 Å². The molecule has 0 saturated heterocycles. The van der Waals surface area contributed by atoms with Crippen molar-refractivity contribution >= 4 is 29.6 Å². The van der Waals surface area contributed by atoms with Crippen LogP contribution in [0.2, 0.25) is 0 Å². The molecule has 12 nitrogen and oxygen atoms in total. The molecule has 0 bridgehead atoms. The van der Waals surface area contributed by atoms with Gasteiger partial charge >= 0.3 is 5.97 Å². The molecule has 0 rings (SSSR count). The normalized spacial score (nSPS) is 17.0. The van der Waals surface area contributed by atoms with Crippen LogP contribution in [0.15, 0.2) is 0 Å². The molecule has 166 valence electrons. The first-order chi connectivity index (χ1) is 13.3. The minimum absolute atomic E-state index is 0.373. The fourth-order valence-corrected chi connectivity index (χ4v) is 2.31. The van der Waals surface area contributed by atoms with E-state index in [1.807, 2.05) is 0 Å². The Kier molecular flexibility index (Phi) is 10.8. The number of carbonyl (C=O) groups excluding carboxylic acids is 4. The highest BCUT2D eigenvalue weighted by Gasteiger charge is 2.33. The summed E-state index contributed by atoms with van der Waals surface area (Å²) in [6.07, 6.45) is -1.27. The van der Waals surface area contributed by atoms with Gasteiger partial charge in [0.15, 0.2) is 6.04 Å². The fourth-order valence-electron chi connectivity index (χ4n) is 2.31. The van der Waals surface area contributed by atoms with Gasteiger partial charge < -0.3 is 37.6 Å². The monoisotopic (exact) mass is 417 g/mol. The molecule has 0 saturated carbocycles. The van der Waals surface area contributed by atoms with Gasteiger partial charge in [0.1, 0.15) is 12.1 Å². The maximum atomic E-state index is 12.5. The van der Waals surface area contributed by atoms with E-state index in [1.165, 1.54) is 13.8 Å². The Morgan fingerprint density at radius 2 is 1.41 bits per heavy atom. The first-order valence-corrected chi connectivity index (χ1v) is 9.17. The standard InChI is InChI=1S/C17H31N5O7/c1-5-7(2)12(16(27)22-13(9(4)23)17(28)29)21-14(25)8(3)20-15(26)10(18)6-11(19)24/h7-10,12-13,23H,5-6,18H2,1-4H3,(H2,19,24)(H,20,26)(H,21,25)(H,22,27)(H,28,29). The summed E-state index contributed by atoms with van der Waals surface area (Å²) in [6.45, 7) is 6.01. The number of carboxylic acids is 1. The van der Waals surface area contributed by atoms with Crippen molar-refractivity contribution in [2.45, 2.75) is 70.8 Å². The van der Waals surface area contributed by atoms with Crippen LogP contribution in [0.25, 0.3) is 0 Å². The van der Waals surface area contributed by atoms with E-state index in [9.17, 15) is 29.1 Å². The van der Waals surface area contributed by atoms with Gasteiger partial charge in [-0.2, -0.15) is 0 Å². The van der Waals surface area contributed by atoms with Crippen LogP contribution in [0.5, 0.6) is 0 Å². The van der Waals surface area contributed by atoms with Crippen molar-refractivity contribution in [3.8, 4) is 0 Å². The molecule has 6 unspecified atom stereocenters. The summed E-state index contributed by atoms with van der Waals surface area (Å²) in [5.74, 6) is -4.84. The van der Waals surface area contributed by atoms with Gasteiger partial charge in [0.25, 0.3) is 0 Å². The number of rotatable bonds is 12. The van der Waals surface area contributed by atoms with Gasteiger partial charge in [0, 0.05) is 0 Å². The first-order valence-electron chi connectivity index (χ1n) is 9.17. The van der Waals surface area contributed by atoms with Gasteiger partial charge in [-0.1, -0.05) is 20.3 Å². The molecule has 0 aliphatic heterocycles. The van der Waals surface area contributed by atoms with Crippen LogP contribution in [0, 0.1) is 5.92 Å². The number of carboxylic acid groups (broad SMARTS) is 1. The predicted octanol–water partition coefficient (Wildman–Crippen LogP) is -2.83. The minimum Gasteiger partial charge on any atom is -0.480 e. The lowest BCUT2D eigenvalue weighted by molar-refractivity contribution is -0.145. The molecule has 0 spiro atoms. The molecule has 0 aromatic heterocycles. The molecule has 29 heavy (non-hydrogen) atoms. The van der Waals surface area contributed by atoms with Crippen LogP contribution in [0.1, 0.15) is 40.5 Å². The Labute approximate surface area is 168 Å². The third-order valence-corrected chi connectivity index (χ3v) is 4.35. The number of primary amides is 1. The highest BCUT2D eigenvalue weighted by atomic mass is 16.4. The molecule has 0 radical (unpaired) electrons. The van der Waals surface area contributed by atoms with E-state index in [0.29, 0.717) is 6.42 Å². The highest BCUT2D eigenvalue weighted by Crippen LogP contribution is 2.09. The predicted molar refractivity (Wildman–Crippen MR) is 102 cm³/mol. The Morgan fingerprint density at radius 3 is 1.83 bits per heavy atom. The van der Waals surface area contributed by atoms with E-state index >= 15 is 0 Å². The van der Waals surface area contributed by atoms with Crippen molar-refractivity contribution in [3.05, 3.63) is 0 Å². The van der Waals surface area contributed by atoms with Crippen molar-refractivity contribution < 1.29 is 34.2 Å². The number of nitrogens with one attached hydrogen (secondary N) is 3. The maximum absolute atomic E-state index is 12.5. The third-order valence-electron chi connectivity index (χ3n) is 4.35. The number of carbonyl (C=O) groups is 5. The summed E-state index contributed by atoms with van der Waals surface area (Å²) in [6, 6.07) is -4.96. The molecule has 6 atom stereocenters. The molecule has 9 N–H and O–H groups in total. The van der Waals surface area contributed by atoms with E-state index in [2.05, 4.69) is 16.0 Å². The number of aliphatic carboxylic acids is 1. The van der Waals surface area contributed by atoms with Gasteiger partial charge in [0.2, 0.25) is 23.6 Å². The lowest BCUT2D eigenvalue weighted by atomic mass is 9.97. The Bertz CT molecular complexity index is 625. The lowest BCUT2D eigenvalue weighted by Crippen LogP contribution is -2.59. The second kappa shape index (κ2) is 12.0. The van der Waals surface area contributed by atoms with Crippen molar-refractivity contribution in [2.24, 2.45) is 17.4 Å². The molecule has 0 aromatic rings. The second-order valence-electron chi connectivity index (χ2n) is 6.94. The van der Waals surface area contributed by atoms with Crippen LogP contribution in [0.4, 0.5) is 0 Å². The number of amides is 4. The number of nitrogens with two attached hydrogens (primary N) is 2. The molecule has 0 aromatic carbocycles. The number of aliphatic hydroxyl groups excluding tert-OH is 1.